The number of nitrogens with zero attached hydrogens (tertiary/aromatic N) is 3. The Hall–Kier alpha value is -2.04. The molecule has 0 fully saturated rings. The highest BCUT2D eigenvalue weighted by atomic mass is 35.5. The van der Waals surface area contributed by atoms with Gasteiger partial charge < -0.3 is 10.1 Å². The molecule has 0 aliphatic heterocycles. The van der Waals surface area contributed by atoms with Gasteiger partial charge in [0, 0.05) is 0 Å². The summed E-state index contributed by atoms with van der Waals surface area (Å²) in [5, 5.41) is 2.43. The van der Waals surface area contributed by atoms with Gasteiger partial charge in [0.1, 0.15) is 10.7 Å². The molecule has 2 rings (SSSR count). The van der Waals surface area contributed by atoms with Crippen LogP contribution in [0.1, 0.15) is 5.82 Å². The lowest BCUT2D eigenvalue weighted by Crippen LogP contribution is -2.34. The van der Waals surface area contributed by atoms with Crippen LogP contribution < -0.4 is 14.8 Å². The Labute approximate surface area is 143 Å². The van der Waals surface area contributed by atoms with E-state index < -0.39 is 10.0 Å². The number of sulfonamides is 1. The maximum absolute atomic E-state index is 12.2. The lowest BCUT2D eigenvalue weighted by molar-refractivity contribution is 0.377. The number of halogens is 1. The third-order valence-corrected chi connectivity index (χ3v) is 4.67. The maximum Gasteiger partial charge on any atom is 0.321 e. The zero-order chi connectivity index (χ0) is 17.0. The number of nitrogens with one attached hydrogen (secondary N) is 2. The van der Waals surface area contributed by atoms with E-state index in [1.165, 1.54) is 19.2 Å². The Morgan fingerprint density at radius 1 is 1.26 bits per heavy atom. The first-order valence-electron chi connectivity index (χ1n) is 6.17. The van der Waals surface area contributed by atoms with Crippen molar-refractivity contribution in [3.63, 3.8) is 0 Å². The molecule has 0 saturated heterocycles. The molecule has 23 heavy (non-hydrogen) atoms. The van der Waals surface area contributed by atoms with E-state index in [4.69, 9.17) is 28.6 Å². The molecule has 1 aromatic heterocycles. The predicted molar refractivity (Wildman–Crippen MR) is 89.1 cm³/mol. The van der Waals surface area contributed by atoms with Gasteiger partial charge in [0.2, 0.25) is 5.95 Å². The summed E-state index contributed by atoms with van der Waals surface area (Å²) in [5.74, 6) is 0.442. The van der Waals surface area contributed by atoms with Crippen molar-refractivity contribution in [1.82, 2.24) is 19.7 Å². The van der Waals surface area contributed by atoms with Gasteiger partial charge in [0.05, 0.1) is 12.1 Å². The number of benzene rings is 1. The fourth-order valence-corrected chi connectivity index (χ4v) is 3.42. The van der Waals surface area contributed by atoms with Crippen LogP contribution in [0.4, 0.5) is 5.95 Å². The number of methoxy groups -OCH3 is 1. The van der Waals surface area contributed by atoms with Crippen molar-refractivity contribution in [1.29, 1.82) is 0 Å². The zero-order valence-corrected chi connectivity index (χ0v) is 14.5. The average Bonchev–Trinajstić information content (AvgIpc) is 2.46. The van der Waals surface area contributed by atoms with Crippen LogP contribution in [0.25, 0.3) is 0 Å². The van der Waals surface area contributed by atoms with E-state index in [9.17, 15) is 8.42 Å². The first-order valence-corrected chi connectivity index (χ1v) is 8.44. The first kappa shape index (κ1) is 17.3. The van der Waals surface area contributed by atoms with Crippen LogP contribution in [-0.4, -0.2) is 35.6 Å². The summed E-state index contributed by atoms with van der Waals surface area (Å²) in [6, 6.07) is 6.09. The number of hydrogen-bond acceptors (Lipinski definition) is 7. The number of thiocarbonyl (C=S) groups is 1. The summed E-state index contributed by atoms with van der Waals surface area (Å²) in [6.45, 7) is 1.63. The number of anilines is 1. The largest absolute Gasteiger partial charge is 0.467 e. The van der Waals surface area contributed by atoms with E-state index in [0.29, 0.717) is 5.82 Å². The molecule has 11 heteroatoms. The molecule has 0 bridgehead atoms. The highest BCUT2D eigenvalue weighted by molar-refractivity contribution is 7.92. The van der Waals surface area contributed by atoms with Gasteiger partial charge in [0.25, 0.3) is 10.0 Å². The fraction of sp³-hybridized carbons (Fsp3) is 0.167. The van der Waals surface area contributed by atoms with E-state index in [1.807, 2.05) is 0 Å². The van der Waals surface area contributed by atoms with Crippen LogP contribution in [0.2, 0.25) is 5.02 Å². The van der Waals surface area contributed by atoms with Crippen LogP contribution >= 0.6 is 23.8 Å². The SMILES string of the molecule is COc1nc(C)nc(NC(=S)NS(=O)(=O)c2ccccc2Cl)n1. The van der Waals surface area contributed by atoms with Crippen LogP contribution in [0.15, 0.2) is 29.2 Å². The topological polar surface area (TPSA) is 106 Å². The van der Waals surface area contributed by atoms with E-state index in [1.54, 1.807) is 19.1 Å². The third-order valence-electron chi connectivity index (χ3n) is 2.49. The van der Waals surface area contributed by atoms with Gasteiger partial charge in [-0.3, -0.25) is 4.72 Å². The van der Waals surface area contributed by atoms with Crippen molar-refractivity contribution in [3.05, 3.63) is 35.1 Å². The van der Waals surface area contributed by atoms with E-state index in [-0.39, 0.29) is 27.0 Å². The molecule has 0 atom stereocenters. The standard InChI is InChI=1S/C12H12ClN5O3S2/c1-7-14-10(16-11(15-7)21-2)17-12(22)18-23(19,20)9-6-4-3-5-8(9)13/h3-6H,1-2H3,(H2,14,15,16,17,18,22). The molecular formula is C12H12ClN5O3S2. The summed E-state index contributed by atoms with van der Waals surface area (Å²) < 4.78 is 31.6. The number of aryl methyl sites for hydroxylation is 1. The smallest absolute Gasteiger partial charge is 0.321 e. The summed E-state index contributed by atoms with van der Waals surface area (Å²) in [4.78, 5) is 11.7. The quantitative estimate of drug-likeness (QED) is 0.777. The van der Waals surface area contributed by atoms with Crippen molar-refractivity contribution in [3.8, 4) is 6.01 Å². The Morgan fingerprint density at radius 2 is 1.96 bits per heavy atom. The third kappa shape index (κ3) is 4.47. The summed E-state index contributed by atoms with van der Waals surface area (Å²) in [7, 11) is -2.52. The normalized spacial score (nSPS) is 10.9. The van der Waals surface area contributed by atoms with Crippen LogP contribution in [-0.2, 0) is 10.0 Å². The second-order valence-corrected chi connectivity index (χ2v) is 6.65. The van der Waals surface area contributed by atoms with E-state index in [0.717, 1.165) is 0 Å². The minimum absolute atomic E-state index is 0.0567. The molecule has 1 heterocycles. The molecule has 0 radical (unpaired) electrons. The molecule has 1 aromatic carbocycles. The van der Waals surface area contributed by atoms with Gasteiger partial charge in [-0.1, -0.05) is 23.7 Å². The Bertz CT molecular complexity index is 844. The molecule has 2 N–H and O–H groups in total. The fourth-order valence-electron chi connectivity index (χ4n) is 1.57. The summed E-state index contributed by atoms with van der Waals surface area (Å²) >= 11 is 10.8. The van der Waals surface area contributed by atoms with E-state index in [2.05, 4.69) is 25.0 Å². The van der Waals surface area contributed by atoms with Crippen molar-refractivity contribution in [2.45, 2.75) is 11.8 Å². The Morgan fingerprint density at radius 3 is 2.61 bits per heavy atom. The van der Waals surface area contributed by atoms with Crippen molar-refractivity contribution < 1.29 is 13.2 Å². The molecule has 0 aliphatic rings. The summed E-state index contributed by atoms with van der Waals surface area (Å²) in [5.41, 5.74) is 0. The van der Waals surface area contributed by atoms with Crippen LogP contribution in [0.5, 0.6) is 6.01 Å². The average molecular weight is 374 g/mol. The lowest BCUT2D eigenvalue weighted by Gasteiger charge is -2.11. The van der Waals surface area contributed by atoms with Crippen LogP contribution in [0.3, 0.4) is 0 Å². The Kier molecular flexibility index (Phi) is 5.29. The first-order chi connectivity index (χ1) is 10.8. The van der Waals surface area contributed by atoms with Crippen molar-refractivity contribution in [2.24, 2.45) is 0 Å². The maximum atomic E-state index is 12.2. The van der Waals surface area contributed by atoms with Gasteiger partial charge in [-0.15, -0.1) is 0 Å². The number of rotatable bonds is 4. The van der Waals surface area contributed by atoms with Crippen LogP contribution in [0, 0.1) is 6.92 Å². The molecule has 0 amide bonds. The molecular weight excluding hydrogens is 362 g/mol. The van der Waals surface area contributed by atoms with Gasteiger partial charge in [0.15, 0.2) is 5.11 Å². The van der Waals surface area contributed by atoms with Crippen molar-refractivity contribution >= 4 is 44.9 Å². The molecule has 0 spiro atoms. The number of hydrogen-bond donors (Lipinski definition) is 2. The molecule has 122 valence electrons. The minimum atomic E-state index is -3.92. The highest BCUT2D eigenvalue weighted by Gasteiger charge is 2.19. The molecule has 0 aliphatic carbocycles. The predicted octanol–water partition coefficient (Wildman–Crippen LogP) is 1.52. The molecule has 0 unspecified atom stereocenters. The Balaban J connectivity index is 2.16. The molecule has 0 saturated carbocycles. The van der Waals surface area contributed by atoms with Gasteiger partial charge in [-0.25, -0.2) is 8.42 Å². The lowest BCUT2D eigenvalue weighted by atomic mass is 10.4. The number of ether oxygens (including phenoxy) is 1. The summed E-state index contributed by atoms with van der Waals surface area (Å²) in [6.07, 6.45) is 0. The van der Waals surface area contributed by atoms with Crippen molar-refractivity contribution in [2.75, 3.05) is 12.4 Å². The second kappa shape index (κ2) is 7.02. The van der Waals surface area contributed by atoms with E-state index >= 15 is 0 Å². The monoisotopic (exact) mass is 373 g/mol. The highest BCUT2D eigenvalue weighted by Crippen LogP contribution is 2.20. The molecule has 8 nitrogen and oxygen atoms in total. The van der Waals surface area contributed by atoms with Gasteiger partial charge >= 0.3 is 6.01 Å². The number of aromatic nitrogens is 3. The van der Waals surface area contributed by atoms with Gasteiger partial charge in [-0.2, -0.15) is 15.0 Å². The molecule has 2 aromatic rings. The second-order valence-electron chi connectivity index (χ2n) is 4.18. The van der Waals surface area contributed by atoms with Gasteiger partial charge in [-0.05, 0) is 31.3 Å². The zero-order valence-electron chi connectivity index (χ0n) is 12.1. The minimum Gasteiger partial charge on any atom is -0.467 e.